The molecule has 6 heteroatoms. The van der Waals surface area contributed by atoms with E-state index in [9.17, 15) is 8.78 Å². The van der Waals surface area contributed by atoms with Gasteiger partial charge in [0.25, 0.3) is 0 Å². The number of halogens is 2. The number of hydrogen-bond acceptors (Lipinski definition) is 2. The highest BCUT2D eigenvalue weighted by molar-refractivity contribution is 5.83. The Bertz CT molecular complexity index is 1160. The molecule has 1 saturated carbocycles. The summed E-state index contributed by atoms with van der Waals surface area (Å²) < 4.78 is 27.0. The van der Waals surface area contributed by atoms with Gasteiger partial charge in [0.05, 0.1) is 5.69 Å². The average molecular weight is 392 g/mol. The van der Waals surface area contributed by atoms with Gasteiger partial charge in [0.15, 0.2) is 0 Å². The van der Waals surface area contributed by atoms with Crippen molar-refractivity contribution in [1.82, 2.24) is 15.0 Å². The number of fused-ring (bicyclic) bond motifs is 1. The van der Waals surface area contributed by atoms with Gasteiger partial charge < -0.3 is 15.7 Å². The van der Waals surface area contributed by atoms with Crippen molar-refractivity contribution in [2.45, 2.75) is 37.1 Å². The summed E-state index contributed by atoms with van der Waals surface area (Å²) in [6.07, 6.45) is 7.40. The highest BCUT2D eigenvalue weighted by atomic mass is 19.1. The number of benzene rings is 2. The monoisotopic (exact) mass is 392 g/mol. The van der Waals surface area contributed by atoms with Crippen LogP contribution in [0.4, 0.5) is 8.78 Å². The third-order valence-corrected chi connectivity index (χ3v) is 6.20. The van der Waals surface area contributed by atoms with Crippen LogP contribution in [0.1, 0.15) is 36.6 Å². The van der Waals surface area contributed by atoms with Gasteiger partial charge in [-0.25, -0.2) is 13.8 Å². The van der Waals surface area contributed by atoms with Gasteiger partial charge in [-0.1, -0.05) is 0 Å². The second-order valence-electron chi connectivity index (χ2n) is 8.03. The molecular weight excluding hydrogens is 370 g/mol. The molecule has 1 atom stereocenters. The van der Waals surface area contributed by atoms with Crippen LogP contribution in [-0.2, 0) is 6.42 Å². The summed E-state index contributed by atoms with van der Waals surface area (Å²) in [5.41, 5.74) is 9.95. The van der Waals surface area contributed by atoms with E-state index in [1.54, 1.807) is 24.3 Å². The second kappa shape index (κ2) is 6.81. The molecule has 0 bridgehead atoms. The number of aromatic nitrogens is 3. The molecule has 1 unspecified atom stereocenters. The normalized spacial score (nSPS) is 16.7. The van der Waals surface area contributed by atoms with Gasteiger partial charge in [0.1, 0.15) is 17.5 Å². The molecule has 0 spiro atoms. The molecule has 4 N–H and O–H groups in total. The van der Waals surface area contributed by atoms with E-state index in [2.05, 4.69) is 9.97 Å². The van der Waals surface area contributed by atoms with Crippen LogP contribution in [0.25, 0.3) is 22.2 Å². The lowest BCUT2D eigenvalue weighted by Gasteiger charge is -2.44. The Labute approximate surface area is 167 Å². The van der Waals surface area contributed by atoms with Crippen molar-refractivity contribution in [1.29, 1.82) is 0 Å². The van der Waals surface area contributed by atoms with Gasteiger partial charge in [-0.3, -0.25) is 0 Å². The Morgan fingerprint density at radius 2 is 1.76 bits per heavy atom. The summed E-state index contributed by atoms with van der Waals surface area (Å²) in [6, 6.07) is 11.1. The van der Waals surface area contributed by atoms with Gasteiger partial charge >= 0.3 is 0 Å². The third-order valence-electron chi connectivity index (χ3n) is 6.20. The minimum Gasteiger partial charge on any atom is -0.361 e. The van der Waals surface area contributed by atoms with Gasteiger partial charge in [0, 0.05) is 40.3 Å². The van der Waals surface area contributed by atoms with Crippen molar-refractivity contribution in [3.8, 4) is 11.3 Å². The average Bonchev–Trinajstić information content (AvgIpc) is 3.32. The second-order valence-corrected chi connectivity index (χ2v) is 8.03. The molecule has 1 aliphatic rings. The highest BCUT2D eigenvalue weighted by Gasteiger charge is 2.43. The maximum Gasteiger partial charge on any atom is 0.123 e. The summed E-state index contributed by atoms with van der Waals surface area (Å²) in [5, 5.41) is 0.878. The Hall–Kier alpha value is -2.99. The number of aromatic amines is 2. The van der Waals surface area contributed by atoms with E-state index in [0.29, 0.717) is 6.42 Å². The van der Waals surface area contributed by atoms with Crippen molar-refractivity contribution in [2.24, 2.45) is 5.73 Å². The van der Waals surface area contributed by atoms with Crippen LogP contribution in [-0.4, -0.2) is 20.5 Å². The summed E-state index contributed by atoms with van der Waals surface area (Å²) >= 11 is 0. The summed E-state index contributed by atoms with van der Waals surface area (Å²) in [6.45, 7) is 0. The Morgan fingerprint density at radius 1 is 1.00 bits per heavy atom. The van der Waals surface area contributed by atoms with Gasteiger partial charge in [-0.05, 0) is 73.7 Å². The molecule has 1 fully saturated rings. The largest absolute Gasteiger partial charge is 0.361 e. The lowest BCUT2D eigenvalue weighted by atomic mass is 9.66. The van der Waals surface area contributed by atoms with Crippen molar-refractivity contribution in [2.75, 3.05) is 0 Å². The van der Waals surface area contributed by atoms with Crippen molar-refractivity contribution >= 4 is 10.9 Å². The quantitative estimate of drug-likeness (QED) is 0.445. The van der Waals surface area contributed by atoms with Crippen molar-refractivity contribution < 1.29 is 8.78 Å². The lowest BCUT2D eigenvalue weighted by molar-refractivity contribution is 0.194. The molecular formula is C23H22F2N4. The number of rotatable bonds is 5. The number of H-pyrrole nitrogens is 2. The number of imidazole rings is 1. The molecule has 2 aromatic carbocycles. The standard InChI is InChI=1S/C23H22F2N4/c24-16-4-2-14(3-5-16)21-13-28-22(29-21)19(23(26)8-1-9-23)10-15-12-27-20-7-6-17(25)11-18(15)20/h2-7,11-13,19,27H,1,8-10,26H2,(H,28,29). The Morgan fingerprint density at radius 3 is 2.48 bits per heavy atom. The first kappa shape index (κ1) is 18.1. The highest BCUT2D eigenvalue weighted by Crippen LogP contribution is 2.43. The van der Waals surface area contributed by atoms with Gasteiger partial charge in [-0.15, -0.1) is 0 Å². The lowest BCUT2D eigenvalue weighted by Crippen LogP contribution is -2.52. The van der Waals surface area contributed by atoms with E-state index < -0.39 is 0 Å². The van der Waals surface area contributed by atoms with E-state index in [1.807, 2.05) is 12.4 Å². The first-order valence-electron chi connectivity index (χ1n) is 9.87. The molecule has 4 aromatic rings. The van der Waals surface area contributed by atoms with Gasteiger partial charge in [-0.2, -0.15) is 0 Å². The molecule has 29 heavy (non-hydrogen) atoms. The van der Waals surface area contributed by atoms with E-state index in [4.69, 9.17) is 10.7 Å². The molecule has 0 radical (unpaired) electrons. The van der Waals surface area contributed by atoms with Crippen LogP contribution < -0.4 is 5.73 Å². The van der Waals surface area contributed by atoms with Crippen LogP contribution in [0.2, 0.25) is 0 Å². The molecule has 0 aliphatic heterocycles. The minimum absolute atomic E-state index is 0.0206. The number of nitrogens with two attached hydrogens (primary N) is 1. The van der Waals surface area contributed by atoms with Crippen molar-refractivity contribution in [3.63, 3.8) is 0 Å². The maximum absolute atomic E-state index is 13.8. The van der Waals surface area contributed by atoms with Crippen molar-refractivity contribution in [3.05, 3.63) is 77.9 Å². The van der Waals surface area contributed by atoms with E-state index >= 15 is 0 Å². The molecule has 5 rings (SSSR count). The van der Waals surface area contributed by atoms with Crippen LogP contribution in [0.3, 0.4) is 0 Å². The molecule has 4 nitrogen and oxygen atoms in total. The predicted molar refractivity (Wildman–Crippen MR) is 109 cm³/mol. The fourth-order valence-corrected chi connectivity index (χ4v) is 4.33. The van der Waals surface area contributed by atoms with Crippen LogP contribution in [0.5, 0.6) is 0 Å². The van der Waals surface area contributed by atoms with Gasteiger partial charge in [0.2, 0.25) is 0 Å². The zero-order valence-corrected chi connectivity index (χ0v) is 15.9. The van der Waals surface area contributed by atoms with Crippen LogP contribution >= 0.6 is 0 Å². The fraction of sp³-hybridized carbons (Fsp3) is 0.261. The molecule has 2 aromatic heterocycles. The van der Waals surface area contributed by atoms with Crippen LogP contribution in [0.15, 0.2) is 54.9 Å². The SMILES string of the molecule is NC1(C(Cc2c[nH]c3ccc(F)cc23)c2nc(-c3ccc(F)cc3)c[nH]2)CCC1. The Kier molecular flexibility index (Phi) is 4.24. The number of nitrogens with one attached hydrogen (secondary N) is 2. The molecule has 0 amide bonds. The minimum atomic E-state index is -0.338. The number of hydrogen-bond donors (Lipinski definition) is 3. The van der Waals surface area contributed by atoms with E-state index in [0.717, 1.165) is 52.8 Å². The third kappa shape index (κ3) is 3.23. The van der Waals surface area contributed by atoms with E-state index in [-0.39, 0.29) is 23.1 Å². The Balaban J connectivity index is 1.51. The van der Waals surface area contributed by atoms with Crippen LogP contribution in [0, 0.1) is 11.6 Å². The summed E-state index contributed by atoms with van der Waals surface area (Å²) in [4.78, 5) is 11.3. The first-order chi connectivity index (χ1) is 14.0. The maximum atomic E-state index is 13.8. The smallest absolute Gasteiger partial charge is 0.123 e. The topological polar surface area (TPSA) is 70.5 Å². The zero-order chi connectivity index (χ0) is 20.0. The molecule has 1 aliphatic carbocycles. The zero-order valence-electron chi connectivity index (χ0n) is 15.9. The first-order valence-corrected chi connectivity index (χ1v) is 9.87. The summed E-state index contributed by atoms with van der Waals surface area (Å²) in [5.74, 6) is 0.270. The fourth-order valence-electron chi connectivity index (χ4n) is 4.33. The van der Waals surface area contributed by atoms with E-state index in [1.165, 1.54) is 18.2 Å². The molecule has 2 heterocycles. The summed E-state index contributed by atoms with van der Waals surface area (Å²) in [7, 11) is 0. The predicted octanol–water partition coefficient (Wildman–Crippen LogP) is 5.04. The molecule has 0 saturated heterocycles. The molecule has 148 valence electrons. The number of nitrogens with zero attached hydrogens (tertiary/aromatic N) is 1.